The summed E-state index contributed by atoms with van der Waals surface area (Å²) in [5, 5.41) is 0. The van der Waals surface area contributed by atoms with E-state index in [0.717, 1.165) is 12.1 Å². The van der Waals surface area contributed by atoms with E-state index in [1.807, 2.05) is 30.7 Å². The van der Waals surface area contributed by atoms with Gasteiger partial charge >= 0.3 is 0 Å². The van der Waals surface area contributed by atoms with Crippen molar-refractivity contribution in [1.82, 2.24) is 9.97 Å². The molecule has 1 atom stereocenters. The summed E-state index contributed by atoms with van der Waals surface area (Å²) in [6.45, 7) is 8.87. The van der Waals surface area contributed by atoms with E-state index in [1.54, 1.807) is 0 Å². The molecule has 0 spiro atoms. The van der Waals surface area contributed by atoms with Crippen molar-refractivity contribution in [2.45, 2.75) is 45.4 Å². The lowest BCUT2D eigenvalue weighted by Crippen LogP contribution is -2.12. The van der Waals surface area contributed by atoms with Crippen LogP contribution in [0, 0.1) is 0 Å². The first-order valence-corrected chi connectivity index (χ1v) is 6.82. The second kappa shape index (κ2) is 5.52. The van der Waals surface area contributed by atoms with Gasteiger partial charge in [0.2, 0.25) is 0 Å². The van der Waals surface area contributed by atoms with Crippen LogP contribution >= 0.6 is 0 Å². The molecule has 0 aliphatic carbocycles. The predicted octanol–water partition coefficient (Wildman–Crippen LogP) is 4.12. The predicted molar refractivity (Wildman–Crippen MR) is 79.3 cm³/mol. The van der Waals surface area contributed by atoms with E-state index in [2.05, 4.69) is 49.8 Å². The highest BCUT2D eigenvalue weighted by Gasteiger charge is 2.15. The van der Waals surface area contributed by atoms with Gasteiger partial charge in [0.1, 0.15) is 0 Å². The minimum absolute atomic E-state index is 0.150. The summed E-state index contributed by atoms with van der Waals surface area (Å²) < 4.78 is 0. The smallest absolute Gasteiger partial charge is 0.0435 e. The van der Waals surface area contributed by atoms with Gasteiger partial charge in [-0.25, -0.2) is 0 Å². The van der Waals surface area contributed by atoms with Gasteiger partial charge in [-0.05, 0) is 35.1 Å². The SMILES string of the molecule is CC(Cc1cncc(C(C)(C)C)c1)c1ccccn1. The van der Waals surface area contributed by atoms with Crippen LogP contribution < -0.4 is 0 Å². The van der Waals surface area contributed by atoms with Gasteiger partial charge in [-0.1, -0.05) is 39.8 Å². The third-order valence-corrected chi connectivity index (χ3v) is 3.40. The molecule has 2 aromatic heterocycles. The van der Waals surface area contributed by atoms with Crippen LogP contribution in [0.1, 0.15) is 50.4 Å². The van der Waals surface area contributed by atoms with E-state index >= 15 is 0 Å². The van der Waals surface area contributed by atoms with Crippen LogP contribution in [-0.2, 0) is 11.8 Å². The number of aromatic nitrogens is 2. The Morgan fingerprint density at radius 3 is 2.58 bits per heavy atom. The minimum Gasteiger partial charge on any atom is -0.264 e. The molecule has 0 N–H and O–H groups in total. The summed E-state index contributed by atoms with van der Waals surface area (Å²) in [6, 6.07) is 8.36. The van der Waals surface area contributed by atoms with Gasteiger partial charge in [0, 0.05) is 30.2 Å². The molecule has 2 aromatic rings. The Morgan fingerprint density at radius 1 is 1.16 bits per heavy atom. The zero-order valence-corrected chi connectivity index (χ0v) is 12.2. The lowest BCUT2D eigenvalue weighted by atomic mass is 9.86. The normalized spacial score (nSPS) is 13.3. The molecular weight excluding hydrogens is 232 g/mol. The van der Waals surface area contributed by atoms with Gasteiger partial charge in [-0.15, -0.1) is 0 Å². The van der Waals surface area contributed by atoms with Crippen LogP contribution in [0.25, 0.3) is 0 Å². The molecule has 2 nitrogen and oxygen atoms in total. The minimum atomic E-state index is 0.150. The Kier molecular flexibility index (Phi) is 3.98. The second-order valence-electron chi connectivity index (χ2n) is 6.19. The Morgan fingerprint density at radius 2 is 1.95 bits per heavy atom. The molecule has 0 amide bonds. The standard InChI is InChI=1S/C17H22N2/c1-13(16-7-5-6-8-19-16)9-14-10-15(12-18-11-14)17(2,3)4/h5-8,10-13H,9H2,1-4H3. The molecule has 0 saturated heterocycles. The first kappa shape index (κ1) is 13.7. The molecule has 2 rings (SSSR count). The van der Waals surface area contributed by atoms with Gasteiger partial charge in [-0.3, -0.25) is 9.97 Å². The number of hydrogen-bond acceptors (Lipinski definition) is 2. The molecule has 19 heavy (non-hydrogen) atoms. The van der Waals surface area contributed by atoms with E-state index in [-0.39, 0.29) is 5.41 Å². The van der Waals surface area contributed by atoms with Crippen molar-refractivity contribution in [3.05, 3.63) is 59.7 Å². The van der Waals surface area contributed by atoms with Crippen LogP contribution in [0.15, 0.2) is 42.9 Å². The number of pyridine rings is 2. The second-order valence-corrected chi connectivity index (χ2v) is 6.19. The maximum atomic E-state index is 4.43. The average molecular weight is 254 g/mol. The molecule has 0 saturated carbocycles. The van der Waals surface area contributed by atoms with Crippen LogP contribution in [0.5, 0.6) is 0 Å². The van der Waals surface area contributed by atoms with Crippen molar-refractivity contribution in [3.8, 4) is 0 Å². The zero-order chi connectivity index (χ0) is 13.9. The topological polar surface area (TPSA) is 25.8 Å². The molecular formula is C17H22N2. The molecule has 0 radical (unpaired) electrons. The van der Waals surface area contributed by atoms with E-state index < -0.39 is 0 Å². The Balaban J connectivity index is 2.16. The Bertz CT molecular complexity index is 526. The van der Waals surface area contributed by atoms with Gasteiger partial charge in [0.05, 0.1) is 0 Å². The molecule has 2 heterocycles. The molecule has 1 unspecified atom stereocenters. The maximum absolute atomic E-state index is 4.43. The highest BCUT2D eigenvalue weighted by molar-refractivity contribution is 5.26. The Hall–Kier alpha value is -1.70. The number of hydrogen-bond donors (Lipinski definition) is 0. The van der Waals surface area contributed by atoms with Crippen molar-refractivity contribution < 1.29 is 0 Å². The van der Waals surface area contributed by atoms with Crippen LogP contribution in [0.2, 0.25) is 0 Å². The molecule has 0 bridgehead atoms. The fourth-order valence-electron chi connectivity index (χ4n) is 2.13. The quantitative estimate of drug-likeness (QED) is 0.823. The number of nitrogens with zero attached hydrogens (tertiary/aromatic N) is 2. The zero-order valence-electron chi connectivity index (χ0n) is 12.2. The summed E-state index contributed by atoms with van der Waals surface area (Å²) in [7, 11) is 0. The first-order chi connectivity index (χ1) is 8.97. The third-order valence-electron chi connectivity index (χ3n) is 3.40. The summed E-state index contributed by atoms with van der Waals surface area (Å²) in [5.41, 5.74) is 3.87. The van der Waals surface area contributed by atoms with Gasteiger partial charge in [-0.2, -0.15) is 0 Å². The van der Waals surface area contributed by atoms with Crippen molar-refractivity contribution in [2.24, 2.45) is 0 Å². The van der Waals surface area contributed by atoms with Crippen molar-refractivity contribution >= 4 is 0 Å². The van der Waals surface area contributed by atoms with Gasteiger partial charge in [0.25, 0.3) is 0 Å². The first-order valence-electron chi connectivity index (χ1n) is 6.82. The summed E-state index contributed by atoms with van der Waals surface area (Å²) >= 11 is 0. The van der Waals surface area contributed by atoms with Crippen molar-refractivity contribution in [2.75, 3.05) is 0 Å². The molecule has 0 fully saturated rings. The summed E-state index contributed by atoms with van der Waals surface area (Å²) in [6.07, 6.45) is 6.77. The molecule has 0 aromatic carbocycles. The molecule has 0 aliphatic heterocycles. The fourth-order valence-corrected chi connectivity index (χ4v) is 2.13. The molecule has 2 heteroatoms. The van der Waals surface area contributed by atoms with Gasteiger partial charge in [0.15, 0.2) is 0 Å². The highest BCUT2D eigenvalue weighted by atomic mass is 14.7. The fraction of sp³-hybridized carbons (Fsp3) is 0.412. The van der Waals surface area contributed by atoms with Crippen LogP contribution in [0.4, 0.5) is 0 Å². The summed E-state index contributed by atoms with van der Waals surface area (Å²) in [5.74, 6) is 0.415. The average Bonchev–Trinajstić information content (AvgIpc) is 2.39. The van der Waals surface area contributed by atoms with E-state index in [1.165, 1.54) is 11.1 Å². The number of rotatable bonds is 3. The lowest BCUT2D eigenvalue weighted by molar-refractivity contribution is 0.585. The third kappa shape index (κ3) is 3.63. The largest absolute Gasteiger partial charge is 0.264 e. The maximum Gasteiger partial charge on any atom is 0.0435 e. The van der Waals surface area contributed by atoms with Crippen LogP contribution in [0.3, 0.4) is 0 Å². The van der Waals surface area contributed by atoms with Crippen LogP contribution in [-0.4, -0.2) is 9.97 Å². The summed E-state index contributed by atoms with van der Waals surface area (Å²) in [4.78, 5) is 8.80. The molecule has 0 aliphatic rings. The van der Waals surface area contributed by atoms with E-state index in [0.29, 0.717) is 5.92 Å². The van der Waals surface area contributed by atoms with E-state index in [4.69, 9.17) is 0 Å². The van der Waals surface area contributed by atoms with Crippen molar-refractivity contribution in [1.29, 1.82) is 0 Å². The van der Waals surface area contributed by atoms with Crippen molar-refractivity contribution in [3.63, 3.8) is 0 Å². The van der Waals surface area contributed by atoms with Gasteiger partial charge < -0.3 is 0 Å². The van der Waals surface area contributed by atoms with E-state index in [9.17, 15) is 0 Å². The molecule has 100 valence electrons. The Labute approximate surface area is 115 Å². The lowest BCUT2D eigenvalue weighted by Gasteiger charge is -2.19. The highest BCUT2D eigenvalue weighted by Crippen LogP contribution is 2.24. The monoisotopic (exact) mass is 254 g/mol.